The van der Waals surface area contributed by atoms with Crippen molar-refractivity contribution < 1.29 is 0 Å². The first-order valence-corrected chi connectivity index (χ1v) is 7.75. The second-order valence-corrected chi connectivity index (χ2v) is 5.85. The number of aryl methyl sites for hydroxylation is 1. The van der Waals surface area contributed by atoms with Crippen molar-refractivity contribution in [2.45, 2.75) is 39.7 Å². The molecule has 1 aliphatic rings. The van der Waals surface area contributed by atoms with E-state index in [0.29, 0.717) is 6.04 Å². The SMILES string of the molecule is CCNC(CN1CCC(CC)C1)c1cccc(C)c1. The summed E-state index contributed by atoms with van der Waals surface area (Å²) in [6, 6.07) is 9.40. The molecular formula is C17H28N2. The van der Waals surface area contributed by atoms with Gasteiger partial charge in [-0.15, -0.1) is 0 Å². The fourth-order valence-electron chi connectivity index (χ4n) is 3.09. The average molecular weight is 260 g/mol. The molecule has 0 radical (unpaired) electrons. The van der Waals surface area contributed by atoms with E-state index in [2.05, 4.69) is 55.3 Å². The topological polar surface area (TPSA) is 15.3 Å². The summed E-state index contributed by atoms with van der Waals surface area (Å²) in [6.07, 6.45) is 2.70. The van der Waals surface area contributed by atoms with Gasteiger partial charge in [-0.25, -0.2) is 0 Å². The summed E-state index contributed by atoms with van der Waals surface area (Å²) in [5.41, 5.74) is 2.79. The van der Waals surface area contributed by atoms with Crippen LogP contribution in [0.1, 0.15) is 43.9 Å². The van der Waals surface area contributed by atoms with Crippen molar-refractivity contribution in [3.63, 3.8) is 0 Å². The zero-order chi connectivity index (χ0) is 13.7. The molecule has 0 saturated carbocycles. The van der Waals surface area contributed by atoms with Crippen molar-refractivity contribution in [3.05, 3.63) is 35.4 Å². The lowest BCUT2D eigenvalue weighted by atomic mass is 10.0. The van der Waals surface area contributed by atoms with Gasteiger partial charge in [-0.05, 0) is 37.9 Å². The predicted octanol–water partition coefficient (Wildman–Crippen LogP) is 3.38. The number of nitrogens with one attached hydrogen (secondary N) is 1. The van der Waals surface area contributed by atoms with Crippen LogP contribution < -0.4 is 5.32 Å². The molecule has 2 atom stereocenters. The zero-order valence-corrected chi connectivity index (χ0v) is 12.7. The first-order chi connectivity index (χ1) is 9.22. The number of likely N-dealkylation sites (N-methyl/N-ethyl adjacent to an activating group) is 1. The molecular weight excluding hydrogens is 232 g/mol. The highest BCUT2D eigenvalue weighted by atomic mass is 15.2. The van der Waals surface area contributed by atoms with E-state index in [4.69, 9.17) is 0 Å². The van der Waals surface area contributed by atoms with E-state index in [1.807, 2.05) is 0 Å². The van der Waals surface area contributed by atoms with Gasteiger partial charge >= 0.3 is 0 Å². The molecule has 0 aromatic heterocycles. The molecule has 2 nitrogen and oxygen atoms in total. The van der Waals surface area contributed by atoms with Crippen LogP contribution >= 0.6 is 0 Å². The third-order valence-electron chi connectivity index (χ3n) is 4.28. The standard InChI is InChI=1S/C17H28N2/c1-4-15-9-10-19(12-15)13-17(18-5-2)16-8-6-7-14(3)11-16/h6-8,11,15,17-18H,4-5,9-10,12-13H2,1-3H3. The Labute approximate surface area is 118 Å². The maximum absolute atomic E-state index is 3.64. The van der Waals surface area contributed by atoms with E-state index in [9.17, 15) is 0 Å². The van der Waals surface area contributed by atoms with Gasteiger partial charge < -0.3 is 10.2 Å². The Morgan fingerprint density at radius 1 is 1.37 bits per heavy atom. The van der Waals surface area contributed by atoms with Crippen molar-refractivity contribution in [2.24, 2.45) is 5.92 Å². The third-order valence-corrected chi connectivity index (χ3v) is 4.28. The van der Waals surface area contributed by atoms with E-state index < -0.39 is 0 Å². The fourth-order valence-corrected chi connectivity index (χ4v) is 3.09. The Morgan fingerprint density at radius 3 is 2.84 bits per heavy atom. The molecule has 2 rings (SSSR count). The van der Waals surface area contributed by atoms with Crippen LogP contribution in [0.4, 0.5) is 0 Å². The molecule has 19 heavy (non-hydrogen) atoms. The molecule has 1 heterocycles. The van der Waals surface area contributed by atoms with Crippen LogP contribution in [-0.4, -0.2) is 31.1 Å². The lowest BCUT2D eigenvalue weighted by Gasteiger charge is -2.25. The summed E-state index contributed by atoms with van der Waals surface area (Å²) in [5, 5.41) is 3.64. The minimum Gasteiger partial charge on any atom is -0.309 e. The molecule has 1 aromatic rings. The lowest BCUT2D eigenvalue weighted by molar-refractivity contribution is 0.283. The normalized spacial score (nSPS) is 21.7. The van der Waals surface area contributed by atoms with E-state index in [1.165, 1.54) is 37.1 Å². The smallest absolute Gasteiger partial charge is 0.0449 e. The first-order valence-electron chi connectivity index (χ1n) is 7.75. The molecule has 2 unspecified atom stereocenters. The average Bonchev–Trinajstić information content (AvgIpc) is 2.86. The molecule has 1 saturated heterocycles. The lowest BCUT2D eigenvalue weighted by Crippen LogP contribution is -2.34. The number of nitrogens with zero attached hydrogens (tertiary/aromatic N) is 1. The quantitative estimate of drug-likeness (QED) is 0.843. The van der Waals surface area contributed by atoms with Crippen LogP contribution in [0.3, 0.4) is 0 Å². The minimum absolute atomic E-state index is 0.473. The van der Waals surface area contributed by atoms with Crippen LogP contribution in [0.15, 0.2) is 24.3 Å². The molecule has 1 aromatic carbocycles. The maximum atomic E-state index is 3.64. The summed E-state index contributed by atoms with van der Waals surface area (Å²) >= 11 is 0. The second-order valence-electron chi connectivity index (χ2n) is 5.85. The van der Waals surface area contributed by atoms with Gasteiger partial charge in [0.15, 0.2) is 0 Å². The molecule has 0 bridgehead atoms. The first kappa shape index (κ1) is 14.5. The van der Waals surface area contributed by atoms with Crippen molar-refractivity contribution in [1.82, 2.24) is 10.2 Å². The molecule has 1 N–H and O–H groups in total. The van der Waals surface area contributed by atoms with Crippen LogP contribution in [0.5, 0.6) is 0 Å². The predicted molar refractivity (Wildman–Crippen MR) is 82.4 cm³/mol. The Balaban J connectivity index is 2.00. The number of hydrogen-bond donors (Lipinski definition) is 1. The summed E-state index contributed by atoms with van der Waals surface area (Å²) in [6.45, 7) is 11.4. The maximum Gasteiger partial charge on any atom is 0.0449 e. The summed E-state index contributed by atoms with van der Waals surface area (Å²) < 4.78 is 0. The third kappa shape index (κ3) is 4.05. The van der Waals surface area contributed by atoms with Crippen molar-refractivity contribution in [3.8, 4) is 0 Å². The highest BCUT2D eigenvalue weighted by Crippen LogP contribution is 2.23. The molecule has 2 heteroatoms. The summed E-state index contributed by atoms with van der Waals surface area (Å²) in [7, 11) is 0. The van der Waals surface area contributed by atoms with Crippen LogP contribution in [-0.2, 0) is 0 Å². The van der Waals surface area contributed by atoms with Gasteiger partial charge in [0.25, 0.3) is 0 Å². The van der Waals surface area contributed by atoms with E-state index >= 15 is 0 Å². The fraction of sp³-hybridized carbons (Fsp3) is 0.647. The second kappa shape index (κ2) is 7.06. The van der Waals surface area contributed by atoms with Crippen LogP contribution in [0.25, 0.3) is 0 Å². The van der Waals surface area contributed by atoms with Gasteiger partial charge in [0.05, 0.1) is 0 Å². The van der Waals surface area contributed by atoms with Gasteiger partial charge in [-0.1, -0.05) is 50.1 Å². The Hall–Kier alpha value is -0.860. The van der Waals surface area contributed by atoms with Gasteiger partial charge in [-0.3, -0.25) is 0 Å². The summed E-state index contributed by atoms with van der Waals surface area (Å²) in [4.78, 5) is 2.63. The van der Waals surface area contributed by atoms with E-state index in [0.717, 1.165) is 19.0 Å². The van der Waals surface area contributed by atoms with Crippen LogP contribution in [0, 0.1) is 12.8 Å². The van der Waals surface area contributed by atoms with Crippen molar-refractivity contribution in [2.75, 3.05) is 26.2 Å². The van der Waals surface area contributed by atoms with Crippen molar-refractivity contribution >= 4 is 0 Å². The van der Waals surface area contributed by atoms with Gasteiger partial charge in [0, 0.05) is 19.1 Å². The van der Waals surface area contributed by atoms with Gasteiger partial charge in [-0.2, -0.15) is 0 Å². The number of hydrogen-bond acceptors (Lipinski definition) is 2. The molecule has 0 spiro atoms. The molecule has 1 aliphatic heterocycles. The molecule has 0 aliphatic carbocycles. The minimum atomic E-state index is 0.473. The Bertz CT molecular complexity index is 389. The van der Waals surface area contributed by atoms with E-state index in [-0.39, 0.29) is 0 Å². The highest BCUT2D eigenvalue weighted by Gasteiger charge is 2.23. The van der Waals surface area contributed by atoms with Gasteiger partial charge in [0.2, 0.25) is 0 Å². The Kier molecular flexibility index (Phi) is 5.41. The molecule has 106 valence electrons. The summed E-state index contributed by atoms with van der Waals surface area (Å²) in [5.74, 6) is 0.916. The highest BCUT2D eigenvalue weighted by molar-refractivity contribution is 5.25. The van der Waals surface area contributed by atoms with Gasteiger partial charge in [0.1, 0.15) is 0 Å². The van der Waals surface area contributed by atoms with Crippen LogP contribution in [0.2, 0.25) is 0 Å². The molecule has 1 fully saturated rings. The monoisotopic (exact) mass is 260 g/mol. The molecule has 0 amide bonds. The van der Waals surface area contributed by atoms with Crippen molar-refractivity contribution in [1.29, 1.82) is 0 Å². The number of rotatable bonds is 6. The number of likely N-dealkylation sites (tertiary alicyclic amines) is 1. The Morgan fingerprint density at radius 2 is 2.21 bits per heavy atom. The zero-order valence-electron chi connectivity index (χ0n) is 12.7. The number of benzene rings is 1. The van der Waals surface area contributed by atoms with E-state index in [1.54, 1.807) is 0 Å². The largest absolute Gasteiger partial charge is 0.309 e.